The Morgan fingerprint density at radius 3 is 2.82 bits per heavy atom. The maximum absolute atomic E-state index is 5.40. The van der Waals surface area contributed by atoms with Gasteiger partial charge in [0.05, 0.1) is 7.11 Å². The number of ether oxygens (including phenoxy) is 1. The van der Waals surface area contributed by atoms with Crippen LogP contribution in [0, 0.1) is 11.8 Å². The van der Waals surface area contributed by atoms with E-state index in [0.29, 0.717) is 5.92 Å². The van der Waals surface area contributed by atoms with Crippen molar-refractivity contribution in [1.82, 2.24) is 0 Å². The lowest BCUT2D eigenvalue weighted by Crippen LogP contribution is -2.32. The summed E-state index contributed by atoms with van der Waals surface area (Å²) in [5.74, 6) is 3.18. The molecule has 0 spiro atoms. The van der Waals surface area contributed by atoms with Crippen molar-refractivity contribution in [3.63, 3.8) is 0 Å². The third-order valence-corrected chi connectivity index (χ3v) is 5.71. The second kappa shape index (κ2) is 6.32. The van der Waals surface area contributed by atoms with Crippen LogP contribution < -0.4 is 4.74 Å². The molecule has 0 amide bonds. The van der Waals surface area contributed by atoms with Crippen molar-refractivity contribution in [1.29, 1.82) is 0 Å². The van der Waals surface area contributed by atoms with Crippen molar-refractivity contribution in [2.45, 2.75) is 51.4 Å². The first kappa shape index (κ1) is 15.4. The van der Waals surface area contributed by atoms with Gasteiger partial charge in [-0.2, -0.15) is 0 Å². The average Bonchev–Trinajstić information content (AvgIpc) is 2.52. The van der Waals surface area contributed by atoms with Gasteiger partial charge in [-0.15, -0.1) is 6.58 Å². The second-order valence-corrected chi connectivity index (χ2v) is 7.17. The number of methoxy groups -OCH3 is 1. The Morgan fingerprint density at radius 1 is 1.27 bits per heavy atom. The van der Waals surface area contributed by atoms with Gasteiger partial charge in [-0.1, -0.05) is 23.8 Å². The van der Waals surface area contributed by atoms with E-state index in [2.05, 4.69) is 38.3 Å². The molecule has 1 aromatic rings. The molecule has 3 rings (SSSR count). The molecule has 0 heterocycles. The van der Waals surface area contributed by atoms with E-state index < -0.39 is 0 Å². The fraction of sp³-hybridized carbons (Fsp3) is 0.524. The van der Waals surface area contributed by atoms with Gasteiger partial charge in [-0.25, -0.2) is 0 Å². The minimum atomic E-state index is 0.686. The molecule has 22 heavy (non-hydrogen) atoms. The van der Waals surface area contributed by atoms with Crippen molar-refractivity contribution in [3.05, 3.63) is 53.6 Å². The van der Waals surface area contributed by atoms with Gasteiger partial charge < -0.3 is 4.74 Å². The molecule has 1 fully saturated rings. The molecule has 2 aliphatic carbocycles. The zero-order valence-electron chi connectivity index (χ0n) is 14.0. The van der Waals surface area contributed by atoms with Crippen molar-refractivity contribution in [2.75, 3.05) is 7.11 Å². The van der Waals surface area contributed by atoms with Gasteiger partial charge in [-0.3, -0.25) is 0 Å². The lowest BCUT2D eigenvalue weighted by Gasteiger charge is -2.44. The van der Waals surface area contributed by atoms with E-state index in [0.717, 1.165) is 24.0 Å². The summed E-state index contributed by atoms with van der Waals surface area (Å²) in [7, 11) is 1.76. The van der Waals surface area contributed by atoms with Gasteiger partial charge in [0.2, 0.25) is 0 Å². The highest BCUT2D eigenvalue weighted by Crippen LogP contribution is 2.51. The zero-order valence-corrected chi connectivity index (χ0v) is 14.0. The fourth-order valence-corrected chi connectivity index (χ4v) is 4.54. The fourth-order valence-electron chi connectivity index (χ4n) is 4.54. The standard InChI is InChI=1S/C21H28O/c1-14(2)5-9-18-15(3)6-10-21-19-12-8-17(22-4)13-16(19)7-11-20(18)21/h8,12-13,18,20-21H,1,3,5-7,9-11H2,2,4H3/t18-,20+,21-/m0/s1. The van der Waals surface area contributed by atoms with E-state index in [1.807, 2.05) is 0 Å². The predicted molar refractivity (Wildman–Crippen MR) is 93.5 cm³/mol. The third kappa shape index (κ3) is 2.86. The summed E-state index contributed by atoms with van der Waals surface area (Å²) in [6.07, 6.45) is 7.32. The maximum Gasteiger partial charge on any atom is 0.119 e. The molecule has 0 N–H and O–H groups in total. The zero-order chi connectivity index (χ0) is 15.7. The van der Waals surface area contributed by atoms with E-state index in [1.54, 1.807) is 12.7 Å². The molecule has 1 heteroatoms. The quantitative estimate of drug-likeness (QED) is 0.651. The Labute approximate surface area is 135 Å². The van der Waals surface area contributed by atoms with Crippen LogP contribution in [0.25, 0.3) is 0 Å². The van der Waals surface area contributed by atoms with Crippen LogP contribution in [-0.2, 0) is 6.42 Å². The molecule has 118 valence electrons. The SMILES string of the molecule is C=C(C)CC[C@H]1C(=C)CC[C@H]2c3ccc(OC)cc3CC[C@H]12. The number of fused-ring (bicyclic) bond motifs is 3. The monoisotopic (exact) mass is 296 g/mol. The first-order valence-corrected chi connectivity index (χ1v) is 8.59. The molecule has 0 aromatic heterocycles. The van der Waals surface area contributed by atoms with Crippen LogP contribution >= 0.6 is 0 Å². The van der Waals surface area contributed by atoms with Crippen LogP contribution in [0.1, 0.15) is 56.1 Å². The predicted octanol–water partition coefficient (Wildman–Crippen LogP) is 5.66. The molecule has 0 radical (unpaired) electrons. The van der Waals surface area contributed by atoms with Gasteiger partial charge in [0.15, 0.2) is 0 Å². The minimum absolute atomic E-state index is 0.686. The Balaban J connectivity index is 1.85. The van der Waals surface area contributed by atoms with E-state index in [-0.39, 0.29) is 0 Å². The van der Waals surface area contributed by atoms with Gasteiger partial charge >= 0.3 is 0 Å². The van der Waals surface area contributed by atoms with Gasteiger partial charge in [-0.05, 0) is 86.5 Å². The maximum atomic E-state index is 5.40. The number of aryl methyl sites for hydroxylation is 1. The van der Waals surface area contributed by atoms with Crippen LogP contribution in [0.15, 0.2) is 42.5 Å². The Morgan fingerprint density at radius 2 is 2.09 bits per heavy atom. The van der Waals surface area contributed by atoms with Crippen molar-refractivity contribution in [3.8, 4) is 5.75 Å². The number of allylic oxidation sites excluding steroid dienone is 2. The number of hydrogen-bond acceptors (Lipinski definition) is 1. The van der Waals surface area contributed by atoms with E-state index >= 15 is 0 Å². The highest BCUT2D eigenvalue weighted by molar-refractivity contribution is 5.41. The molecular formula is C21H28O. The summed E-state index contributed by atoms with van der Waals surface area (Å²) >= 11 is 0. The lowest BCUT2D eigenvalue weighted by molar-refractivity contribution is 0.223. The molecule has 3 atom stereocenters. The third-order valence-electron chi connectivity index (χ3n) is 5.71. The van der Waals surface area contributed by atoms with Crippen LogP contribution in [-0.4, -0.2) is 7.11 Å². The smallest absolute Gasteiger partial charge is 0.119 e. The van der Waals surface area contributed by atoms with E-state index in [1.165, 1.54) is 48.8 Å². The van der Waals surface area contributed by atoms with Gasteiger partial charge in [0.25, 0.3) is 0 Å². The largest absolute Gasteiger partial charge is 0.497 e. The first-order valence-electron chi connectivity index (χ1n) is 8.59. The lowest BCUT2D eigenvalue weighted by atomic mass is 9.61. The number of benzene rings is 1. The van der Waals surface area contributed by atoms with Crippen LogP contribution in [0.4, 0.5) is 0 Å². The highest BCUT2D eigenvalue weighted by atomic mass is 16.5. The summed E-state index contributed by atoms with van der Waals surface area (Å²) in [5, 5.41) is 0. The normalized spacial score (nSPS) is 27.0. The van der Waals surface area contributed by atoms with Crippen molar-refractivity contribution in [2.24, 2.45) is 11.8 Å². The first-order chi connectivity index (χ1) is 10.6. The molecule has 0 bridgehead atoms. The Kier molecular flexibility index (Phi) is 4.42. The molecule has 1 nitrogen and oxygen atoms in total. The van der Waals surface area contributed by atoms with Gasteiger partial charge in [0.1, 0.15) is 5.75 Å². The molecule has 2 aliphatic rings. The topological polar surface area (TPSA) is 9.23 Å². The average molecular weight is 296 g/mol. The Bertz CT molecular complexity index is 584. The second-order valence-electron chi connectivity index (χ2n) is 7.17. The summed E-state index contributed by atoms with van der Waals surface area (Å²) in [4.78, 5) is 0. The summed E-state index contributed by atoms with van der Waals surface area (Å²) in [6.45, 7) is 10.6. The van der Waals surface area contributed by atoms with Crippen molar-refractivity contribution >= 4 is 0 Å². The molecule has 0 unspecified atom stereocenters. The summed E-state index contributed by atoms with van der Waals surface area (Å²) < 4.78 is 5.40. The van der Waals surface area contributed by atoms with E-state index in [4.69, 9.17) is 4.74 Å². The highest BCUT2D eigenvalue weighted by Gasteiger charge is 2.38. The van der Waals surface area contributed by atoms with Crippen LogP contribution in [0.3, 0.4) is 0 Å². The number of hydrogen-bond donors (Lipinski definition) is 0. The van der Waals surface area contributed by atoms with Crippen LogP contribution in [0.5, 0.6) is 5.75 Å². The summed E-state index contributed by atoms with van der Waals surface area (Å²) in [6, 6.07) is 6.69. The Hall–Kier alpha value is -1.50. The molecule has 0 aliphatic heterocycles. The van der Waals surface area contributed by atoms with Gasteiger partial charge in [0, 0.05) is 0 Å². The molecule has 0 saturated heterocycles. The van der Waals surface area contributed by atoms with E-state index in [9.17, 15) is 0 Å². The summed E-state index contributed by atoms with van der Waals surface area (Å²) in [5.41, 5.74) is 5.87. The molecular weight excluding hydrogens is 268 g/mol. The minimum Gasteiger partial charge on any atom is -0.497 e. The molecule has 1 aromatic carbocycles. The molecule has 1 saturated carbocycles. The van der Waals surface area contributed by atoms with Crippen LogP contribution in [0.2, 0.25) is 0 Å². The van der Waals surface area contributed by atoms with Crippen molar-refractivity contribution < 1.29 is 4.74 Å². The number of rotatable bonds is 4.